The topological polar surface area (TPSA) is 92.0 Å². The van der Waals surface area contributed by atoms with Crippen LogP contribution in [0.3, 0.4) is 0 Å². The summed E-state index contributed by atoms with van der Waals surface area (Å²) in [5.74, 6) is 5.50. The van der Waals surface area contributed by atoms with E-state index in [1.54, 1.807) is 13.8 Å². The lowest BCUT2D eigenvalue weighted by Crippen LogP contribution is -2.44. The van der Waals surface area contributed by atoms with Gasteiger partial charge in [0.25, 0.3) is 0 Å². The van der Waals surface area contributed by atoms with Gasteiger partial charge in [0.1, 0.15) is 6.04 Å². The van der Waals surface area contributed by atoms with Crippen molar-refractivity contribution in [1.82, 2.24) is 10.7 Å². The Morgan fingerprint density at radius 2 is 2.04 bits per heavy atom. The summed E-state index contributed by atoms with van der Waals surface area (Å²) in [7, 11) is 3.95. The van der Waals surface area contributed by atoms with Crippen molar-refractivity contribution in [2.45, 2.75) is 19.9 Å². The number of ether oxygens (including phenoxy) is 1. The van der Waals surface area contributed by atoms with E-state index >= 15 is 0 Å². The molecule has 7 nitrogen and oxygen atoms in total. The molecule has 0 aromatic heterocycles. The van der Waals surface area contributed by atoms with Crippen LogP contribution in [0.25, 0.3) is 0 Å². The second kappa shape index (κ2) is 7.15. The maximum atomic E-state index is 12.3. The number of carbonyl (C=O) groups excluding carboxylic acids is 1. The van der Waals surface area contributed by atoms with E-state index in [1.807, 2.05) is 43.3 Å². The van der Waals surface area contributed by atoms with Gasteiger partial charge in [-0.3, -0.25) is 5.43 Å². The summed E-state index contributed by atoms with van der Waals surface area (Å²) in [4.78, 5) is 18.8. The van der Waals surface area contributed by atoms with Crippen LogP contribution in [0.1, 0.15) is 25.5 Å². The zero-order valence-corrected chi connectivity index (χ0v) is 13.9. The minimum absolute atomic E-state index is 0.313. The van der Waals surface area contributed by atoms with Gasteiger partial charge >= 0.3 is 5.97 Å². The Bertz CT molecular complexity index is 634. The fraction of sp³-hybridized carbons (Fsp3) is 0.375. The number of hydrogen-bond acceptors (Lipinski definition) is 7. The van der Waals surface area contributed by atoms with Crippen LogP contribution in [-0.2, 0) is 9.53 Å². The van der Waals surface area contributed by atoms with E-state index in [2.05, 4.69) is 15.7 Å². The van der Waals surface area contributed by atoms with Gasteiger partial charge in [0.15, 0.2) is 0 Å². The molecular formula is C16H23N5O2. The average molecular weight is 317 g/mol. The number of esters is 1. The number of rotatable bonds is 4. The lowest BCUT2D eigenvalue weighted by Gasteiger charge is -2.26. The van der Waals surface area contributed by atoms with Crippen molar-refractivity contribution in [3.05, 3.63) is 41.1 Å². The van der Waals surface area contributed by atoms with Gasteiger partial charge in [-0.15, -0.1) is 0 Å². The van der Waals surface area contributed by atoms with Crippen molar-refractivity contribution < 1.29 is 9.53 Å². The maximum Gasteiger partial charge on any atom is 0.338 e. The van der Waals surface area contributed by atoms with Gasteiger partial charge in [-0.25, -0.2) is 15.6 Å². The largest absolute Gasteiger partial charge is 0.463 e. The summed E-state index contributed by atoms with van der Waals surface area (Å²) < 4.78 is 5.17. The minimum atomic E-state index is -0.461. The minimum Gasteiger partial charge on any atom is -0.463 e. The van der Waals surface area contributed by atoms with Crippen LogP contribution in [0.15, 0.2) is 40.5 Å². The summed E-state index contributed by atoms with van der Waals surface area (Å²) in [5.41, 5.74) is 5.63. The van der Waals surface area contributed by atoms with Crippen LogP contribution < -0.4 is 21.5 Å². The molecule has 0 radical (unpaired) electrons. The summed E-state index contributed by atoms with van der Waals surface area (Å²) in [5, 5.41) is 2.97. The molecule has 4 N–H and O–H groups in total. The summed E-state index contributed by atoms with van der Waals surface area (Å²) in [6.07, 6.45) is 0. The van der Waals surface area contributed by atoms with Gasteiger partial charge in [0.05, 0.1) is 12.2 Å². The molecule has 0 fully saturated rings. The number of anilines is 1. The Labute approximate surface area is 136 Å². The standard InChI is InChI=1S/C16H23N5O2/c1-5-23-15(22)13-10(2)18-16(20-17)19-14(13)11-6-8-12(9-7-11)21(3)4/h6-9,14H,5,17H2,1-4H3,(H2,18,19,20). The third-order valence-electron chi connectivity index (χ3n) is 3.60. The van der Waals surface area contributed by atoms with Gasteiger partial charge in [0.2, 0.25) is 5.96 Å². The number of nitrogens with two attached hydrogens (primary N) is 1. The Balaban J connectivity index is 2.42. The molecule has 124 valence electrons. The lowest BCUT2D eigenvalue weighted by atomic mass is 9.96. The Morgan fingerprint density at radius 1 is 1.39 bits per heavy atom. The van der Waals surface area contributed by atoms with Gasteiger partial charge in [-0.1, -0.05) is 12.1 Å². The molecule has 1 aromatic carbocycles. The van der Waals surface area contributed by atoms with Crippen LogP contribution in [-0.4, -0.2) is 32.6 Å². The van der Waals surface area contributed by atoms with Gasteiger partial charge in [-0.2, -0.15) is 0 Å². The van der Waals surface area contributed by atoms with Crippen LogP contribution in [0.2, 0.25) is 0 Å². The smallest absolute Gasteiger partial charge is 0.338 e. The molecule has 0 amide bonds. The zero-order valence-electron chi connectivity index (χ0n) is 13.9. The van der Waals surface area contributed by atoms with Crippen LogP contribution in [0.4, 0.5) is 5.69 Å². The molecule has 1 heterocycles. The number of nitrogens with one attached hydrogen (secondary N) is 2. The van der Waals surface area contributed by atoms with E-state index in [9.17, 15) is 4.79 Å². The first-order chi connectivity index (χ1) is 11.0. The third-order valence-corrected chi connectivity index (χ3v) is 3.60. The molecule has 1 atom stereocenters. The molecule has 0 aliphatic carbocycles. The number of aliphatic imine (C=N–C) groups is 1. The first-order valence-electron chi connectivity index (χ1n) is 7.44. The molecule has 2 rings (SSSR count). The van der Waals surface area contributed by atoms with E-state index in [0.29, 0.717) is 23.8 Å². The number of hydrazine groups is 1. The first kappa shape index (κ1) is 16.8. The van der Waals surface area contributed by atoms with Gasteiger partial charge in [-0.05, 0) is 31.5 Å². The molecule has 1 aromatic rings. The second-order valence-corrected chi connectivity index (χ2v) is 5.39. The van der Waals surface area contributed by atoms with Crippen molar-refractivity contribution in [2.24, 2.45) is 10.8 Å². The van der Waals surface area contributed by atoms with Crippen molar-refractivity contribution in [1.29, 1.82) is 0 Å². The summed E-state index contributed by atoms with van der Waals surface area (Å²) >= 11 is 0. The SMILES string of the molecule is CCOC(=O)C1=C(C)NC(NN)=NC1c1ccc(N(C)C)cc1. The average Bonchev–Trinajstić information content (AvgIpc) is 2.54. The van der Waals surface area contributed by atoms with Crippen molar-refractivity contribution in [2.75, 3.05) is 25.6 Å². The number of hydrogen-bond donors (Lipinski definition) is 3. The van der Waals surface area contributed by atoms with E-state index in [0.717, 1.165) is 11.3 Å². The first-order valence-corrected chi connectivity index (χ1v) is 7.44. The summed E-state index contributed by atoms with van der Waals surface area (Å²) in [6.45, 7) is 3.90. The molecule has 0 spiro atoms. The highest BCUT2D eigenvalue weighted by Gasteiger charge is 2.30. The molecule has 1 aliphatic rings. The molecule has 7 heteroatoms. The number of carbonyl (C=O) groups is 1. The molecular weight excluding hydrogens is 294 g/mol. The predicted molar refractivity (Wildman–Crippen MR) is 90.7 cm³/mol. The fourth-order valence-electron chi connectivity index (χ4n) is 2.42. The second-order valence-electron chi connectivity index (χ2n) is 5.39. The van der Waals surface area contributed by atoms with E-state index in [-0.39, 0.29) is 5.97 Å². The number of nitrogens with zero attached hydrogens (tertiary/aromatic N) is 2. The Hall–Kier alpha value is -2.54. The number of guanidine groups is 1. The third kappa shape index (κ3) is 3.62. The fourth-order valence-corrected chi connectivity index (χ4v) is 2.42. The molecule has 1 aliphatic heterocycles. The molecule has 0 bridgehead atoms. The molecule has 0 saturated carbocycles. The monoisotopic (exact) mass is 317 g/mol. The van der Waals surface area contributed by atoms with Crippen LogP contribution in [0, 0.1) is 0 Å². The molecule has 23 heavy (non-hydrogen) atoms. The van der Waals surface area contributed by atoms with E-state index < -0.39 is 6.04 Å². The highest BCUT2D eigenvalue weighted by Crippen LogP contribution is 2.32. The zero-order chi connectivity index (χ0) is 17.0. The number of benzene rings is 1. The Kier molecular flexibility index (Phi) is 5.23. The number of allylic oxidation sites excluding steroid dienone is 1. The quantitative estimate of drug-likeness (QED) is 0.437. The van der Waals surface area contributed by atoms with E-state index in [1.165, 1.54) is 0 Å². The normalized spacial score (nSPS) is 17.3. The van der Waals surface area contributed by atoms with Crippen LogP contribution >= 0.6 is 0 Å². The molecule has 0 saturated heterocycles. The highest BCUT2D eigenvalue weighted by atomic mass is 16.5. The predicted octanol–water partition coefficient (Wildman–Crippen LogP) is 1.05. The van der Waals surface area contributed by atoms with Crippen LogP contribution in [0.5, 0.6) is 0 Å². The van der Waals surface area contributed by atoms with E-state index in [4.69, 9.17) is 10.6 Å². The van der Waals surface area contributed by atoms with Gasteiger partial charge < -0.3 is 15.0 Å². The Morgan fingerprint density at radius 3 is 2.57 bits per heavy atom. The summed E-state index contributed by atoms with van der Waals surface area (Å²) in [6, 6.07) is 7.42. The van der Waals surface area contributed by atoms with Crippen molar-refractivity contribution in [3.8, 4) is 0 Å². The highest BCUT2D eigenvalue weighted by molar-refractivity contribution is 5.95. The van der Waals surface area contributed by atoms with Gasteiger partial charge in [0, 0.05) is 25.5 Å². The van der Waals surface area contributed by atoms with Crippen molar-refractivity contribution in [3.63, 3.8) is 0 Å². The maximum absolute atomic E-state index is 12.3. The lowest BCUT2D eigenvalue weighted by molar-refractivity contribution is -0.138. The van der Waals surface area contributed by atoms with Crippen molar-refractivity contribution >= 4 is 17.6 Å². The molecule has 1 unspecified atom stereocenters.